The summed E-state index contributed by atoms with van der Waals surface area (Å²) in [5.74, 6) is 2.09. The Labute approximate surface area is 102 Å². The van der Waals surface area contributed by atoms with E-state index in [1.165, 1.54) is 5.57 Å². The van der Waals surface area contributed by atoms with E-state index in [4.69, 9.17) is 4.42 Å². The molecule has 90 valence electrons. The standard InChI is InChI=1S/C15H18O2/c1-9-6-12-7-10(2)15(9,3)13(16)8-11-4-5-17-14(11)12/h4-6,10,12H,7-8H2,1-3H3/t10-,12+,15-/m1/s1. The average molecular weight is 230 g/mol. The fourth-order valence-electron chi connectivity index (χ4n) is 3.40. The zero-order valence-corrected chi connectivity index (χ0v) is 10.6. The monoisotopic (exact) mass is 230 g/mol. The summed E-state index contributed by atoms with van der Waals surface area (Å²) in [5, 5.41) is 0. The van der Waals surface area contributed by atoms with Gasteiger partial charge >= 0.3 is 0 Å². The number of hydrogen-bond donors (Lipinski definition) is 0. The van der Waals surface area contributed by atoms with Crippen molar-refractivity contribution in [1.29, 1.82) is 0 Å². The fourth-order valence-corrected chi connectivity index (χ4v) is 3.40. The molecule has 4 rings (SSSR count). The van der Waals surface area contributed by atoms with Crippen LogP contribution < -0.4 is 0 Å². The second-order valence-electron chi connectivity index (χ2n) is 5.71. The highest BCUT2D eigenvalue weighted by Crippen LogP contribution is 2.50. The van der Waals surface area contributed by atoms with E-state index in [0.717, 1.165) is 17.7 Å². The zero-order chi connectivity index (χ0) is 12.2. The summed E-state index contributed by atoms with van der Waals surface area (Å²) in [7, 11) is 0. The van der Waals surface area contributed by atoms with Gasteiger partial charge in [-0.25, -0.2) is 0 Å². The third kappa shape index (κ3) is 1.30. The van der Waals surface area contributed by atoms with E-state index in [1.54, 1.807) is 6.26 Å². The highest BCUT2D eigenvalue weighted by molar-refractivity contribution is 5.90. The van der Waals surface area contributed by atoms with Gasteiger partial charge in [-0.15, -0.1) is 0 Å². The molecular formula is C15H18O2. The SMILES string of the molecule is CC1=C[C@H]2C[C@@H](C)[C@]1(C)C(=O)Cc1ccoc12. The van der Waals surface area contributed by atoms with Gasteiger partial charge in [0.15, 0.2) is 0 Å². The number of Topliss-reactive ketones (excluding diaryl/α,β-unsaturated/α-hetero) is 1. The molecule has 0 radical (unpaired) electrons. The van der Waals surface area contributed by atoms with Gasteiger partial charge in [0.25, 0.3) is 0 Å². The maximum absolute atomic E-state index is 12.5. The Morgan fingerprint density at radius 2 is 2.24 bits per heavy atom. The number of rotatable bonds is 0. The molecule has 0 aromatic carbocycles. The van der Waals surface area contributed by atoms with E-state index in [-0.39, 0.29) is 5.41 Å². The van der Waals surface area contributed by atoms with E-state index in [1.807, 2.05) is 6.07 Å². The van der Waals surface area contributed by atoms with Crippen LogP contribution in [-0.2, 0) is 11.2 Å². The molecule has 2 bridgehead atoms. The Morgan fingerprint density at radius 3 is 2.94 bits per heavy atom. The van der Waals surface area contributed by atoms with Gasteiger partial charge in [0.2, 0.25) is 0 Å². The smallest absolute Gasteiger partial charge is 0.147 e. The van der Waals surface area contributed by atoms with Gasteiger partial charge < -0.3 is 4.42 Å². The molecule has 3 aliphatic carbocycles. The summed E-state index contributed by atoms with van der Waals surface area (Å²) in [6.45, 7) is 6.39. The Kier molecular flexibility index (Phi) is 2.13. The molecule has 0 saturated carbocycles. The quantitative estimate of drug-likeness (QED) is 0.639. The van der Waals surface area contributed by atoms with Gasteiger partial charge in [0, 0.05) is 23.3 Å². The van der Waals surface area contributed by atoms with Crippen molar-refractivity contribution in [3.63, 3.8) is 0 Å². The lowest BCUT2D eigenvalue weighted by Crippen LogP contribution is -2.41. The summed E-state index contributed by atoms with van der Waals surface area (Å²) in [6.07, 6.45) is 5.49. The molecule has 1 aromatic rings. The predicted octanol–water partition coefficient (Wildman–Crippen LogP) is 3.48. The second kappa shape index (κ2) is 3.34. The predicted molar refractivity (Wildman–Crippen MR) is 65.8 cm³/mol. The number of hydrogen-bond acceptors (Lipinski definition) is 2. The van der Waals surface area contributed by atoms with Crippen molar-refractivity contribution in [1.82, 2.24) is 0 Å². The lowest BCUT2D eigenvalue weighted by Gasteiger charge is -2.42. The van der Waals surface area contributed by atoms with E-state index >= 15 is 0 Å². The maximum atomic E-state index is 12.5. The minimum Gasteiger partial charge on any atom is -0.468 e. The van der Waals surface area contributed by atoms with Crippen molar-refractivity contribution < 1.29 is 9.21 Å². The first-order chi connectivity index (χ1) is 8.03. The van der Waals surface area contributed by atoms with E-state index in [9.17, 15) is 4.79 Å². The molecule has 2 nitrogen and oxygen atoms in total. The number of fused-ring (bicyclic) bond motifs is 2. The van der Waals surface area contributed by atoms with Crippen LogP contribution in [0.1, 0.15) is 44.4 Å². The summed E-state index contributed by atoms with van der Waals surface area (Å²) in [5.41, 5.74) is 2.03. The fraction of sp³-hybridized carbons (Fsp3) is 0.533. The molecule has 3 atom stereocenters. The number of carbonyl (C=O) groups is 1. The summed E-state index contributed by atoms with van der Waals surface area (Å²) < 4.78 is 5.60. The summed E-state index contributed by atoms with van der Waals surface area (Å²) >= 11 is 0. The zero-order valence-electron chi connectivity index (χ0n) is 10.6. The van der Waals surface area contributed by atoms with Crippen LogP contribution in [0.2, 0.25) is 0 Å². The molecule has 0 N–H and O–H groups in total. The Balaban J connectivity index is 2.22. The summed E-state index contributed by atoms with van der Waals surface area (Å²) in [6, 6.07) is 1.95. The van der Waals surface area contributed by atoms with Gasteiger partial charge in [-0.1, -0.05) is 18.6 Å². The van der Waals surface area contributed by atoms with Crippen LogP contribution in [-0.4, -0.2) is 5.78 Å². The molecular weight excluding hydrogens is 212 g/mol. The Hall–Kier alpha value is -1.31. The Morgan fingerprint density at radius 1 is 1.47 bits per heavy atom. The number of ketones is 1. The average Bonchev–Trinajstić information content (AvgIpc) is 2.71. The van der Waals surface area contributed by atoms with Crippen molar-refractivity contribution in [2.24, 2.45) is 11.3 Å². The highest BCUT2D eigenvalue weighted by atomic mass is 16.3. The maximum Gasteiger partial charge on any atom is 0.147 e. The number of furan rings is 1. The molecule has 17 heavy (non-hydrogen) atoms. The van der Waals surface area contributed by atoms with Gasteiger partial charge in [-0.3, -0.25) is 4.79 Å². The normalized spacial score (nSPS) is 36.2. The second-order valence-corrected chi connectivity index (χ2v) is 5.71. The van der Waals surface area contributed by atoms with Crippen molar-refractivity contribution in [2.75, 3.05) is 0 Å². The van der Waals surface area contributed by atoms with Crippen LogP contribution in [0.4, 0.5) is 0 Å². The number of allylic oxidation sites excluding steroid dienone is 2. The molecule has 1 aromatic heterocycles. The van der Waals surface area contributed by atoms with Crippen molar-refractivity contribution >= 4 is 5.78 Å². The molecule has 0 amide bonds. The lowest BCUT2D eigenvalue weighted by molar-refractivity contribution is -0.128. The molecule has 0 unspecified atom stereocenters. The Bertz CT molecular complexity index is 509. The van der Waals surface area contributed by atoms with Crippen molar-refractivity contribution in [3.8, 4) is 0 Å². The van der Waals surface area contributed by atoms with Crippen LogP contribution in [0.15, 0.2) is 28.4 Å². The first-order valence-electron chi connectivity index (χ1n) is 6.32. The lowest BCUT2D eigenvalue weighted by atomic mass is 9.60. The molecule has 0 saturated heterocycles. The minimum absolute atomic E-state index is 0.272. The van der Waals surface area contributed by atoms with Crippen LogP contribution in [0.3, 0.4) is 0 Å². The highest BCUT2D eigenvalue weighted by Gasteiger charge is 2.46. The van der Waals surface area contributed by atoms with Gasteiger partial charge in [-0.2, -0.15) is 0 Å². The van der Waals surface area contributed by atoms with Crippen LogP contribution in [0.25, 0.3) is 0 Å². The van der Waals surface area contributed by atoms with Gasteiger partial charge in [-0.05, 0) is 32.3 Å². The van der Waals surface area contributed by atoms with Crippen LogP contribution in [0, 0.1) is 11.3 Å². The van der Waals surface area contributed by atoms with E-state index in [2.05, 4.69) is 26.8 Å². The van der Waals surface area contributed by atoms with Gasteiger partial charge in [0.05, 0.1) is 6.26 Å². The third-order valence-electron chi connectivity index (χ3n) is 4.91. The molecule has 0 aliphatic heterocycles. The largest absolute Gasteiger partial charge is 0.468 e. The minimum atomic E-state index is -0.272. The van der Waals surface area contributed by atoms with Gasteiger partial charge in [0.1, 0.15) is 11.5 Å². The molecule has 3 aliphatic rings. The first kappa shape index (κ1) is 10.8. The number of carbonyl (C=O) groups excluding carboxylic acids is 1. The van der Waals surface area contributed by atoms with Crippen molar-refractivity contribution in [3.05, 3.63) is 35.3 Å². The van der Waals surface area contributed by atoms with Crippen molar-refractivity contribution in [2.45, 2.75) is 39.5 Å². The third-order valence-corrected chi connectivity index (χ3v) is 4.91. The van der Waals surface area contributed by atoms with E-state index < -0.39 is 0 Å². The topological polar surface area (TPSA) is 30.2 Å². The molecule has 1 heterocycles. The molecule has 0 fully saturated rings. The van der Waals surface area contributed by atoms with E-state index in [0.29, 0.717) is 24.0 Å². The first-order valence-corrected chi connectivity index (χ1v) is 6.32. The molecule has 2 heteroatoms. The van der Waals surface area contributed by atoms with Crippen LogP contribution in [0.5, 0.6) is 0 Å². The molecule has 0 spiro atoms. The summed E-state index contributed by atoms with van der Waals surface area (Å²) in [4.78, 5) is 12.5. The van der Waals surface area contributed by atoms with Crippen LogP contribution >= 0.6 is 0 Å².